The third-order valence-corrected chi connectivity index (χ3v) is 7.51. The molecule has 0 bridgehead atoms. The number of pyridine rings is 1. The molecule has 0 saturated heterocycles. The predicted molar refractivity (Wildman–Crippen MR) is 112 cm³/mol. The molecular weight excluding hydrogens is 390 g/mol. The Balaban J connectivity index is 1.83. The number of nitrogens with one attached hydrogen (secondary N) is 1. The summed E-state index contributed by atoms with van der Waals surface area (Å²) < 4.78 is 29.3. The molecule has 3 rings (SSSR count). The zero-order chi connectivity index (χ0) is 21.3. The Morgan fingerprint density at radius 3 is 2.69 bits per heavy atom. The minimum atomic E-state index is -3.67. The lowest BCUT2D eigenvalue weighted by Crippen LogP contribution is -2.34. The number of amides is 1. The third kappa shape index (κ3) is 4.06. The molecule has 0 unspecified atom stereocenters. The lowest BCUT2D eigenvalue weighted by atomic mass is 10.1. The Morgan fingerprint density at radius 1 is 1.31 bits per heavy atom. The number of aromatic nitrogens is 2. The molecular formula is C20H27N5O3S. The molecule has 0 aromatic carbocycles. The topological polar surface area (TPSA) is 110 Å². The molecule has 1 aliphatic rings. The van der Waals surface area contributed by atoms with Crippen molar-refractivity contribution < 1.29 is 13.2 Å². The molecule has 156 valence electrons. The van der Waals surface area contributed by atoms with Crippen molar-refractivity contribution in [3.05, 3.63) is 52.5 Å². The molecule has 0 saturated carbocycles. The second-order valence-corrected chi connectivity index (χ2v) is 9.27. The summed E-state index contributed by atoms with van der Waals surface area (Å²) in [5.41, 5.74) is 9.50. The first-order valence-electron chi connectivity index (χ1n) is 9.43. The number of hydrogen-bond acceptors (Lipinski definition) is 5. The number of anilines is 1. The van der Waals surface area contributed by atoms with Crippen LogP contribution in [0.2, 0.25) is 0 Å². The van der Waals surface area contributed by atoms with Crippen LogP contribution in [0.15, 0.2) is 34.9 Å². The van der Waals surface area contributed by atoms with Gasteiger partial charge in [-0.15, -0.1) is 0 Å². The van der Waals surface area contributed by atoms with E-state index in [4.69, 9.17) is 5.73 Å². The molecule has 2 aromatic rings. The van der Waals surface area contributed by atoms with Crippen molar-refractivity contribution in [3.63, 3.8) is 0 Å². The number of rotatable bonds is 5. The van der Waals surface area contributed by atoms with Crippen molar-refractivity contribution >= 4 is 21.7 Å². The van der Waals surface area contributed by atoms with Gasteiger partial charge in [0.25, 0.3) is 5.91 Å². The normalized spacial score (nSPS) is 15.2. The van der Waals surface area contributed by atoms with Crippen LogP contribution in [0, 0.1) is 13.8 Å². The molecule has 1 amide bonds. The van der Waals surface area contributed by atoms with Gasteiger partial charge in [-0.05, 0) is 50.5 Å². The van der Waals surface area contributed by atoms with Crippen molar-refractivity contribution in [3.8, 4) is 0 Å². The van der Waals surface area contributed by atoms with Gasteiger partial charge in [0.15, 0.2) is 0 Å². The van der Waals surface area contributed by atoms with Gasteiger partial charge in [-0.1, -0.05) is 11.6 Å². The molecule has 29 heavy (non-hydrogen) atoms. The highest BCUT2D eigenvalue weighted by atomic mass is 32.2. The number of carbonyl (C=O) groups is 1. The van der Waals surface area contributed by atoms with Gasteiger partial charge in [0.2, 0.25) is 10.0 Å². The monoisotopic (exact) mass is 417 g/mol. The molecule has 0 aliphatic carbocycles. The Morgan fingerprint density at radius 2 is 2.03 bits per heavy atom. The van der Waals surface area contributed by atoms with Crippen LogP contribution in [0.4, 0.5) is 5.82 Å². The summed E-state index contributed by atoms with van der Waals surface area (Å²) in [5, 5.41) is 2.84. The Bertz CT molecular complexity index is 1090. The van der Waals surface area contributed by atoms with Crippen molar-refractivity contribution in [2.24, 2.45) is 7.05 Å². The van der Waals surface area contributed by atoms with Crippen LogP contribution in [-0.2, 0) is 23.6 Å². The predicted octanol–water partition coefficient (Wildman–Crippen LogP) is 1.89. The van der Waals surface area contributed by atoms with Crippen LogP contribution >= 0.6 is 0 Å². The Labute approximate surface area is 171 Å². The first kappa shape index (κ1) is 21.1. The van der Waals surface area contributed by atoms with E-state index in [0.29, 0.717) is 36.7 Å². The summed E-state index contributed by atoms with van der Waals surface area (Å²) in [6.45, 7) is 6.63. The van der Waals surface area contributed by atoms with E-state index in [1.54, 1.807) is 30.8 Å². The van der Waals surface area contributed by atoms with Crippen LogP contribution in [0.25, 0.3) is 0 Å². The van der Waals surface area contributed by atoms with E-state index in [9.17, 15) is 13.2 Å². The zero-order valence-electron chi connectivity index (χ0n) is 17.2. The number of nitrogens with two attached hydrogens (primary N) is 1. The van der Waals surface area contributed by atoms with E-state index < -0.39 is 10.0 Å². The van der Waals surface area contributed by atoms with Crippen LogP contribution < -0.4 is 11.1 Å². The summed E-state index contributed by atoms with van der Waals surface area (Å²) in [6.07, 6.45) is 4.23. The van der Waals surface area contributed by atoms with Crippen LogP contribution in [0.3, 0.4) is 0 Å². The Kier molecular flexibility index (Phi) is 5.81. The van der Waals surface area contributed by atoms with Crippen molar-refractivity contribution in [2.75, 3.05) is 18.8 Å². The SMILES string of the molecule is CC1=CCN(S(=O)(=O)c2cc(C(=O)NCc3ccnc(N)c3C)n(C)c2C)CC1. The van der Waals surface area contributed by atoms with Gasteiger partial charge in [-0.2, -0.15) is 4.31 Å². The number of nitrogen functional groups attached to an aromatic ring is 1. The van der Waals surface area contributed by atoms with E-state index >= 15 is 0 Å². The number of nitrogens with zero attached hydrogens (tertiary/aromatic N) is 3. The molecule has 0 radical (unpaired) electrons. The van der Waals surface area contributed by atoms with Gasteiger partial charge >= 0.3 is 0 Å². The molecule has 0 atom stereocenters. The van der Waals surface area contributed by atoms with E-state index in [1.807, 2.05) is 19.9 Å². The average molecular weight is 418 g/mol. The molecule has 9 heteroatoms. The molecule has 3 N–H and O–H groups in total. The summed E-state index contributed by atoms with van der Waals surface area (Å²) in [6, 6.07) is 3.25. The minimum Gasteiger partial charge on any atom is -0.383 e. The van der Waals surface area contributed by atoms with Crippen molar-refractivity contribution in [1.29, 1.82) is 0 Å². The highest BCUT2D eigenvalue weighted by Crippen LogP contribution is 2.25. The number of carbonyl (C=O) groups excluding carboxylic acids is 1. The second kappa shape index (κ2) is 8.00. The van der Waals surface area contributed by atoms with Crippen LogP contribution in [-0.4, -0.2) is 41.3 Å². The van der Waals surface area contributed by atoms with Gasteiger partial charge < -0.3 is 15.6 Å². The van der Waals surface area contributed by atoms with Gasteiger partial charge in [0.1, 0.15) is 16.4 Å². The molecule has 8 nitrogen and oxygen atoms in total. The second-order valence-electron chi connectivity index (χ2n) is 7.36. The Hall–Kier alpha value is -2.65. The van der Waals surface area contributed by atoms with Crippen molar-refractivity contribution in [1.82, 2.24) is 19.2 Å². The van der Waals surface area contributed by atoms with E-state index in [-0.39, 0.29) is 17.3 Å². The first-order valence-corrected chi connectivity index (χ1v) is 10.9. The lowest BCUT2D eigenvalue weighted by molar-refractivity contribution is 0.0942. The van der Waals surface area contributed by atoms with Gasteiger partial charge in [0, 0.05) is 38.6 Å². The van der Waals surface area contributed by atoms with Crippen LogP contribution in [0.5, 0.6) is 0 Å². The zero-order valence-corrected chi connectivity index (χ0v) is 18.0. The maximum atomic E-state index is 13.1. The first-order chi connectivity index (χ1) is 13.6. The highest BCUT2D eigenvalue weighted by molar-refractivity contribution is 7.89. The smallest absolute Gasteiger partial charge is 0.268 e. The van der Waals surface area contributed by atoms with Gasteiger partial charge in [-0.3, -0.25) is 4.79 Å². The fourth-order valence-corrected chi connectivity index (χ4v) is 4.96. The molecule has 2 aromatic heterocycles. The maximum absolute atomic E-state index is 13.1. The van der Waals surface area contributed by atoms with Gasteiger partial charge in [0.05, 0.1) is 0 Å². The fraction of sp³-hybridized carbons (Fsp3) is 0.400. The average Bonchev–Trinajstić information content (AvgIpc) is 2.99. The number of sulfonamides is 1. The molecule has 3 heterocycles. The molecule has 0 fully saturated rings. The third-order valence-electron chi connectivity index (χ3n) is 5.53. The minimum absolute atomic E-state index is 0.169. The summed E-state index contributed by atoms with van der Waals surface area (Å²) in [4.78, 5) is 16.9. The van der Waals surface area contributed by atoms with E-state index in [1.165, 1.54) is 15.9 Å². The summed E-state index contributed by atoms with van der Waals surface area (Å²) in [7, 11) is -1.97. The maximum Gasteiger partial charge on any atom is 0.268 e. The summed E-state index contributed by atoms with van der Waals surface area (Å²) >= 11 is 0. The van der Waals surface area contributed by atoms with Crippen LogP contribution in [0.1, 0.15) is 40.7 Å². The molecule has 1 aliphatic heterocycles. The highest BCUT2D eigenvalue weighted by Gasteiger charge is 2.30. The van der Waals surface area contributed by atoms with Crippen molar-refractivity contribution in [2.45, 2.75) is 38.6 Å². The fourth-order valence-electron chi connectivity index (χ4n) is 3.31. The quantitative estimate of drug-likeness (QED) is 0.722. The largest absolute Gasteiger partial charge is 0.383 e. The lowest BCUT2D eigenvalue weighted by Gasteiger charge is -2.24. The van der Waals surface area contributed by atoms with E-state index in [0.717, 1.165) is 11.1 Å². The summed E-state index contributed by atoms with van der Waals surface area (Å²) in [5.74, 6) is 0.0758. The molecule has 0 spiro atoms. The van der Waals surface area contributed by atoms with E-state index in [2.05, 4.69) is 10.3 Å². The number of hydrogen-bond donors (Lipinski definition) is 2. The van der Waals surface area contributed by atoms with Gasteiger partial charge in [-0.25, -0.2) is 13.4 Å². The standard InChI is InChI=1S/C20H27N5O3S/c1-13-6-9-25(10-7-13)29(27,28)18-11-17(24(4)15(18)3)20(26)23-12-16-5-8-22-19(21)14(16)2/h5-6,8,11H,7,9-10,12H2,1-4H3,(H2,21,22)(H,23,26).